The fourth-order valence-electron chi connectivity index (χ4n) is 3.51. The molecule has 1 aliphatic heterocycles. The number of amides is 2. The summed E-state index contributed by atoms with van der Waals surface area (Å²) in [5, 5.41) is 3.34. The molecule has 1 atom stereocenters. The molecule has 0 bridgehead atoms. The minimum atomic E-state index is -4.74. The first-order chi connectivity index (χ1) is 14.0. The molecule has 12 heteroatoms. The Labute approximate surface area is 172 Å². The number of anilines is 1. The lowest BCUT2D eigenvalue weighted by Crippen LogP contribution is -2.48. The average Bonchev–Trinajstić information content (AvgIpc) is 3.11. The summed E-state index contributed by atoms with van der Waals surface area (Å²) in [6.45, 7) is 1.14. The highest BCUT2D eigenvalue weighted by Gasteiger charge is 2.50. The number of sulfone groups is 1. The van der Waals surface area contributed by atoms with Crippen LogP contribution in [0.5, 0.6) is 0 Å². The number of aromatic nitrogens is 3. The molecule has 164 valence electrons. The number of likely N-dealkylation sites (tertiary alicyclic amines) is 1. The van der Waals surface area contributed by atoms with Gasteiger partial charge in [-0.15, -0.1) is 0 Å². The van der Waals surface area contributed by atoms with Gasteiger partial charge in [-0.1, -0.05) is 0 Å². The van der Waals surface area contributed by atoms with Crippen molar-refractivity contribution >= 4 is 21.6 Å². The molecule has 0 saturated carbocycles. The maximum Gasteiger partial charge on any atom is 0.321 e. The molecule has 3 rings (SSSR count). The molecular formula is C18H22F3N5O3S. The van der Waals surface area contributed by atoms with Crippen molar-refractivity contribution in [3.05, 3.63) is 36.4 Å². The van der Waals surface area contributed by atoms with E-state index in [1.165, 1.54) is 18.1 Å². The van der Waals surface area contributed by atoms with E-state index in [0.29, 0.717) is 5.69 Å². The topological polar surface area (TPSA) is 97.2 Å². The van der Waals surface area contributed by atoms with E-state index < -0.39 is 43.8 Å². The lowest BCUT2D eigenvalue weighted by Gasteiger charge is -2.37. The number of nitrogens with one attached hydrogen (secondary N) is 1. The number of piperidine rings is 1. The van der Waals surface area contributed by atoms with E-state index in [1.807, 2.05) is 0 Å². The maximum atomic E-state index is 15.6. The zero-order valence-electron chi connectivity index (χ0n) is 16.4. The molecule has 1 fully saturated rings. The number of hydrogen-bond acceptors (Lipinski definition) is 5. The summed E-state index contributed by atoms with van der Waals surface area (Å²) < 4.78 is 68.7. The Morgan fingerprint density at radius 2 is 2.00 bits per heavy atom. The molecule has 0 aromatic carbocycles. The van der Waals surface area contributed by atoms with Gasteiger partial charge in [0.05, 0.1) is 11.9 Å². The molecule has 0 unspecified atom stereocenters. The fourth-order valence-corrected chi connectivity index (χ4v) is 5.32. The van der Waals surface area contributed by atoms with Gasteiger partial charge in [-0.25, -0.2) is 26.4 Å². The first kappa shape index (κ1) is 22.1. The van der Waals surface area contributed by atoms with Crippen LogP contribution in [0.4, 0.5) is 23.7 Å². The first-order valence-corrected chi connectivity index (χ1v) is 10.7. The standard InChI is InChI=1S/C18H22F3N5O3S/c1-18(21,30(28,29)14-11-25(2)24-15(14)16(19)20)12-5-8-26(9-6-12)17(27)23-13-4-3-7-22-10-13/h3-4,7,10-12,16H,5-6,8-9H2,1-2H3,(H,23,27)/t18-/m1/s1. The number of carbonyl (C=O) groups excluding carboxylic acids is 1. The number of nitrogens with zero attached hydrogens (tertiary/aromatic N) is 4. The minimum absolute atomic E-state index is 0.0664. The van der Waals surface area contributed by atoms with Crippen molar-refractivity contribution in [3.8, 4) is 0 Å². The molecule has 0 aliphatic carbocycles. The Balaban J connectivity index is 1.72. The second-order valence-corrected chi connectivity index (χ2v) is 9.52. The predicted octanol–water partition coefficient (Wildman–Crippen LogP) is 3.16. The van der Waals surface area contributed by atoms with Crippen molar-refractivity contribution < 1.29 is 26.4 Å². The monoisotopic (exact) mass is 445 g/mol. The van der Waals surface area contributed by atoms with Gasteiger partial charge in [-0.05, 0) is 31.9 Å². The lowest BCUT2D eigenvalue weighted by atomic mass is 9.92. The van der Waals surface area contributed by atoms with Gasteiger partial charge in [-0.2, -0.15) is 5.10 Å². The fraction of sp³-hybridized carbons (Fsp3) is 0.500. The summed E-state index contributed by atoms with van der Waals surface area (Å²) in [6, 6.07) is 2.92. The van der Waals surface area contributed by atoms with Gasteiger partial charge in [-0.3, -0.25) is 9.67 Å². The number of pyridine rings is 1. The van der Waals surface area contributed by atoms with E-state index in [2.05, 4.69) is 15.4 Å². The molecule has 1 saturated heterocycles. The van der Waals surface area contributed by atoms with Crippen LogP contribution >= 0.6 is 0 Å². The van der Waals surface area contributed by atoms with Crippen LogP contribution in [0.1, 0.15) is 31.9 Å². The lowest BCUT2D eigenvalue weighted by molar-refractivity contribution is 0.116. The molecule has 8 nitrogen and oxygen atoms in total. The highest BCUT2D eigenvalue weighted by atomic mass is 32.2. The molecule has 0 spiro atoms. The van der Waals surface area contributed by atoms with Gasteiger partial charge < -0.3 is 10.2 Å². The number of aryl methyl sites for hydroxylation is 1. The molecule has 2 amide bonds. The van der Waals surface area contributed by atoms with Crippen molar-refractivity contribution in [3.63, 3.8) is 0 Å². The third kappa shape index (κ3) is 4.13. The Kier molecular flexibility index (Phi) is 6.06. The third-order valence-electron chi connectivity index (χ3n) is 5.27. The van der Waals surface area contributed by atoms with Crippen LogP contribution in [0.2, 0.25) is 0 Å². The Morgan fingerprint density at radius 3 is 2.57 bits per heavy atom. The van der Waals surface area contributed by atoms with E-state index in [1.54, 1.807) is 18.3 Å². The van der Waals surface area contributed by atoms with Gasteiger partial charge in [0.25, 0.3) is 6.43 Å². The Morgan fingerprint density at radius 1 is 1.33 bits per heavy atom. The number of halogens is 3. The zero-order valence-corrected chi connectivity index (χ0v) is 17.2. The van der Waals surface area contributed by atoms with Crippen LogP contribution in [0.15, 0.2) is 35.6 Å². The van der Waals surface area contributed by atoms with Gasteiger partial charge in [0.2, 0.25) is 14.8 Å². The van der Waals surface area contributed by atoms with Crippen molar-refractivity contribution in [2.24, 2.45) is 13.0 Å². The molecule has 2 aromatic heterocycles. The van der Waals surface area contributed by atoms with E-state index in [9.17, 15) is 22.0 Å². The SMILES string of the molecule is Cn1cc(S(=O)(=O)[C@@](C)(F)C2CCN(C(=O)Nc3cccnc3)CC2)c(C(F)F)n1. The summed E-state index contributed by atoms with van der Waals surface area (Å²) in [4.78, 5) is 16.9. The molecule has 0 radical (unpaired) electrons. The van der Waals surface area contributed by atoms with E-state index in [4.69, 9.17) is 0 Å². The van der Waals surface area contributed by atoms with E-state index in [0.717, 1.165) is 17.8 Å². The van der Waals surface area contributed by atoms with Gasteiger partial charge in [0.1, 0.15) is 10.6 Å². The number of hydrogen-bond donors (Lipinski definition) is 1. The highest BCUT2D eigenvalue weighted by Crippen LogP contribution is 2.41. The largest absolute Gasteiger partial charge is 0.325 e. The summed E-state index contributed by atoms with van der Waals surface area (Å²) in [6.07, 6.45) is 0.916. The zero-order chi connectivity index (χ0) is 22.1. The summed E-state index contributed by atoms with van der Waals surface area (Å²) in [5.74, 6) is -0.962. The number of carbonyl (C=O) groups is 1. The average molecular weight is 445 g/mol. The summed E-state index contributed by atoms with van der Waals surface area (Å²) in [7, 11) is -3.45. The molecular weight excluding hydrogens is 423 g/mol. The van der Waals surface area contributed by atoms with Crippen molar-refractivity contribution in [1.29, 1.82) is 0 Å². The van der Waals surface area contributed by atoms with Crippen molar-refractivity contribution in [1.82, 2.24) is 19.7 Å². The Hall–Kier alpha value is -2.63. The van der Waals surface area contributed by atoms with Gasteiger partial charge in [0, 0.05) is 38.4 Å². The minimum Gasteiger partial charge on any atom is -0.325 e. The van der Waals surface area contributed by atoms with Crippen LogP contribution < -0.4 is 5.32 Å². The molecule has 30 heavy (non-hydrogen) atoms. The van der Waals surface area contributed by atoms with Crippen LogP contribution in [-0.2, 0) is 16.9 Å². The summed E-state index contributed by atoms with van der Waals surface area (Å²) >= 11 is 0. The van der Waals surface area contributed by atoms with E-state index in [-0.39, 0.29) is 25.9 Å². The maximum absolute atomic E-state index is 15.6. The van der Waals surface area contributed by atoms with Gasteiger partial charge in [0.15, 0.2) is 0 Å². The highest BCUT2D eigenvalue weighted by molar-refractivity contribution is 7.92. The molecule has 1 aliphatic rings. The van der Waals surface area contributed by atoms with Gasteiger partial charge >= 0.3 is 6.03 Å². The normalized spacial score (nSPS) is 17.7. The van der Waals surface area contributed by atoms with E-state index >= 15 is 4.39 Å². The van der Waals surface area contributed by atoms with Crippen LogP contribution in [-0.4, -0.2) is 52.2 Å². The molecule has 2 aromatic rings. The molecule has 3 heterocycles. The van der Waals surface area contributed by atoms with Crippen LogP contribution in [0.3, 0.4) is 0 Å². The number of urea groups is 1. The molecule has 1 N–H and O–H groups in total. The predicted molar refractivity (Wildman–Crippen MR) is 102 cm³/mol. The van der Waals surface area contributed by atoms with Crippen molar-refractivity contribution in [2.75, 3.05) is 18.4 Å². The first-order valence-electron chi connectivity index (χ1n) is 9.25. The second kappa shape index (κ2) is 8.25. The second-order valence-electron chi connectivity index (χ2n) is 7.28. The van der Waals surface area contributed by atoms with Crippen molar-refractivity contribution in [2.45, 2.75) is 36.1 Å². The third-order valence-corrected chi connectivity index (χ3v) is 7.55. The summed E-state index contributed by atoms with van der Waals surface area (Å²) in [5.41, 5.74) is -0.465. The smallest absolute Gasteiger partial charge is 0.321 e. The number of rotatable bonds is 5. The Bertz CT molecular complexity index is 1000. The quantitative estimate of drug-likeness (QED) is 0.763. The van der Waals surface area contributed by atoms with Crippen LogP contribution in [0.25, 0.3) is 0 Å². The van der Waals surface area contributed by atoms with Crippen LogP contribution in [0, 0.1) is 5.92 Å². The number of alkyl halides is 3.